The number of aliphatic hydroxyl groups excluding tert-OH is 6. The zero-order chi connectivity index (χ0) is 28.0. The van der Waals surface area contributed by atoms with E-state index in [0.29, 0.717) is 0 Å². The van der Waals surface area contributed by atoms with Gasteiger partial charge >= 0.3 is 0 Å². The maximum absolute atomic E-state index is 12.5. The number of aromatic nitrogens is 4. The van der Waals surface area contributed by atoms with E-state index in [4.69, 9.17) is 32.4 Å². The maximum Gasteiger partial charge on any atom is 0.274 e. The topological polar surface area (TPSA) is 294 Å². The first-order valence-electron chi connectivity index (χ1n) is 10.7. The summed E-state index contributed by atoms with van der Waals surface area (Å²) in [5.74, 6) is 0.0517. The number of imidazole rings is 1. The van der Waals surface area contributed by atoms with Crippen molar-refractivity contribution in [3.8, 4) is 0 Å². The molecule has 0 amide bonds. The van der Waals surface area contributed by atoms with Crippen LogP contribution in [0, 0.1) is 0 Å². The van der Waals surface area contributed by atoms with E-state index in [0.717, 1.165) is 6.33 Å². The van der Waals surface area contributed by atoms with Crippen molar-refractivity contribution < 1.29 is 67.5 Å². The molecule has 38 heavy (non-hydrogen) atoms. The van der Waals surface area contributed by atoms with Gasteiger partial charge < -0.3 is 67.4 Å². The van der Waals surface area contributed by atoms with Gasteiger partial charge in [-0.25, -0.2) is 15.0 Å². The van der Waals surface area contributed by atoms with Crippen molar-refractivity contribution in [2.24, 2.45) is 0 Å². The molecule has 2 saturated heterocycles. The van der Waals surface area contributed by atoms with Gasteiger partial charge in [-0.1, -0.05) is 0 Å². The molecule has 0 spiro atoms. The van der Waals surface area contributed by atoms with Gasteiger partial charge in [-0.2, -0.15) is 0 Å². The second-order valence-corrected chi connectivity index (χ2v) is 11.4. The lowest BCUT2D eigenvalue weighted by molar-refractivity contribution is -0.301. The quantitative estimate of drug-likeness (QED) is 0.108. The van der Waals surface area contributed by atoms with Crippen molar-refractivity contribution in [3.63, 3.8) is 0 Å². The molecule has 3 radical (unpaired) electrons. The number of aliphatic hydroxyl groups is 6. The first-order chi connectivity index (χ1) is 17.7. The van der Waals surface area contributed by atoms with E-state index in [-0.39, 0.29) is 17.0 Å². The van der Waals surface area contributed by atoms with Crippen LogP contribution in [0.3, 0.4) is 0 Å². The highest BCUT2D eigenvalue weighted by atomic mass is 31.3. The number of hydrogen-bond acceptors (Lipinski definition) is 18. The lowest BCUT2D eigenvalue weighted by Crippen LogP contribution is -2.59. The average molecular weight is 582 g/mol. The van der Waals surface area contributed by atoms with Crippen LogP contribution in [-0.2, 0) is 32.0 Å². The standard InChI is InChI=1S/C16H24BN5O14P2/c17-37(29,36-38(30,31)35-16-12(28)10(26)8(24)5(1-23)34-16)32-2-6-9(25)11(27)15(33-6)22-4-21-7-13(18)19-3-20-14(7)22/h3-6,8-12,15-16,23-28H,1-2H2,(H,30,31)(H2,18,19,20)/q-1/p-1/t5?,6-,8-,9?,10+,11+,12?,15-,16+,37+/m1/s1. The molecule has 2 aromatic rings. The van der Waals surface area contributed by atoms with E-state index in [9.17, 15) is 39.6 Å². The zero-order valence-electron chi connectivity index (χ0n) is 19.1. The molecule has 4 unspecified atom stereocenters. The molecule has 22 heteroatoms. The summed E-state index contributed by atoms with van der Waals surface area (Å²) in [5.41, 5.74) is 6.09. The number of fused-ring (bicyclic) bond motifs is 1. The van der Waals surface area contributed by atoms with E-state index in [1.54, 1.807) is 0 Å². The smallest absolute Gasteiger partial charge is 0.274 e. The fourth-order valence-corrected chi connectivity index (χ4v) is 6.04. The van der Waals surface area contributed by atoms with Crippen LogP contribution in [0.5, 0.6) is 0 Å². The summed E-state index contributed by atoms with van der Waals surface area (Å²) in [4.78, 5) is 24.0. The third kappa shape index (κ3) is 5.93. The Morgan fingerprint density at radius 1 is 1.03 bits per heavy atom. The number of anilines is 1. The molecule has 2 aliphatic rings. The van der Waals surface area contributed by atoms with Crippen LogP contribution in [0.1, 0.15) is 6.23 Å². The predicted octanol–water partition coefficient (Wildman–Crippen LogP) is -4.38. The third-order valence-corrected chi connectivity index (χ3v) is 8.40. The first kappa shape index (κ1) is 29.4. The molecular formula is C16H23BN5O14P2-2. The van der Waals surface area contributed by atoms with Crippen molar-refractivity contribution in [1.29, 1.82) is 0 Å². The largest absolute Gasteiger partial charge is 0.756 e. The van der Waals surface area contributed by atoms with E-state index in [1.165, 1.54) is 10.9 Å². The van der Waals surface area contributed by atoms with Gasteiger partial charge in [-0.05, 0) is 0 Å². The van der Waals surface area contributed by atoms with Crippen LogP contribution in [0.4, 0.5) is 5.82 Å². The summed E-state index contributed by atoms with van der Waals surface area (Å²) >= 11 is 0. The number of nitrogen functional groups attached to an aromatic ring is 1. The van der Waals surface area contributed by atoms with Crippen LogP contribution >= 0.6 is 15.3 Å². The van der Waals surface area contributed by atoms with Crippen molar-refractivity contribution in [1.82, 2.24) is 19.5 Å². The van der Waals surface area contributed by atoms with Crippen LogP contribution in [0.2, 0.25) is 0 Å². The zero-order valence-corrected chi connectivity index (χ0v) is 20.8. The lowest BCUT2D eigenvalue weighted by atomic mass is 10.00. The van der Waals surface area contributed by atoms with E-state index >= 15 is 0 Å². The number of ether oxygens (including phenoxy) is 2. The highest BCUT2D eigenvalue weighted by molar-refractivity contribution is 7.83. The molecule has 8 N–H and O–H groups in total. The summed E-state index contributed by atoms with van der Waals surface area (Å²) < 4.78 is 49.8. The lowest BCUT2D eigenvalue weighted by Gasteiger charge is -2.42. The normalized spacial score (nSPS) is 37.2. The Morgan fingerprint density at radius 3 is 2.39 bits per heavy atom. The molecule has 11 atom stereocenters. The molecule has 4 heterocycles. The van der Waals surface area contributed by atoms with E-state index < -0.39 is 83.8 Å². The van der Waals surface area contributed by atoms with Crippen LogP contribution < -0.4 is 10.6 Å². The molecule has 211 valence electrons. The third-order valence-electron chi connectivity index (χ3n) is 5.71. The molecule has 2 aliphatic heterocycles. The SMILES string of the molecule is [B-][P@](=O)(OC[C@H]1O[C@@H](n2cnc3c(N)ncnc32)[C@@H](O)C1O)OP(=O)([O-])O[C@@H]1OC(CO)[C@@H](O)[C@H](O)C1O. The van der Waals surface area contributed by atoms with Crippen LogP contribution in [0.25, 0.3) is 11.2 Å². The number of nitrogens with two attached hydrogens (primary N) is 1. The van der Waals surface area contributed by atoms with E-state index in [1.807, 2.05) is 0 Å². The van der Waals surface area contributed by atoms with Crippen molar-refractivity contribution in [2.45, 2.75) is 55.2 Å². The Bertz CT molecular complexity index is 1240. The monoisotopic (exact) mass is 582 g/mol. The summed E-state index contributed by atoms with van der Waals surface area (Å²) in [7, 11) is -5.39. The van der Waals surface area contributed by atoms with Gasteiger partial charge in [-0.3, -0.25) is 18.0 Å². The molecule has 4 rings (SSSR count). The van der Waals surface area contributed by atoms with E-state index in [2.05, 4.69) is 23.8 Å². The minimum Gasteiger partial charge on any atom is -0.756 e. The predicted molar refractivity (Wildman–Crippen MR) is 119 cm³/mol. The van der Waals surface area contributed by atoms with Crippen molar-refractivity contribution in [2.75, 3.05) is 18.9 Å². The maximum atomic E-state index is 12.5. The molecule has 0 saturated carbocycles. The number of phosphoric ester groups is 1. The molecule has 0 aliphatic carbocycles. The summed E-state index contributed by atoms with van der Waals surface area (Å²) in [6, 6.07) is 0. The van der Waals surface area contributed by atoms with Gasteiger partial charge in [0.2, 0.25) is 0 Å². The Kier molecular flexibility index (Phi) is 8.59. The number of rotatable bonds is 9. The highest BCUT2D eigenvalue weighted by Gasteiger charge is 2.46. The minimum absolute atomic E-state index is 0.0517. The van der Waals surface area contributed by atoms with Gasteiger partial charge in [0.1, 0.15) is 54.6 Å². The van der Waals surface area contributed by atoms with Crippen LogP contribution in [-0.4, -0.2) is 120 Å². The Labute approximate surface area is 214 Å². The van der Waals surface area contributed by atoms with Gasteiger partial charge in [0.25, 0.3) is 7.82 Å². The summed E-state index contributed by atoms with van der Waals surface area (Å²) in [6.45, 7) is -1.72. The average Bonchev–Trinajstić information content (AvgIpc) is 3.39. The fourth-order valence-electron chi connectivity index (χ4n) is 3.79. The minimum atomic E-state index is -5.69. The molecular weight excluding hydrogens is 559 g/mol. The molecule has 2 fully saturated rings. The Hall–Kier alpha value is -1.61. The van der Waals surface area contributed by atoms with Crippen molar-refractivity contribution >= 4 is 39.8 Å². The second-order valence-electron chi connectivity index (χ2n) is 8.30. The van der Waals surface area contributed by atoms with Gasteiger partial charge in [0.05, 0.1) is 27.0 Å². The first-order valence-corrected chi connectivity index (χ1v) is 13.8. The number of hydrogen-bond donors (Lipinski definition) is 7. The number of phosphoric acid groups is 1. The Balaban J connectivity index is 1.38. The molecule has 2 aromatic heterocycles. The van der Waals surface area contributed by atoms with Crippen LogP contribution in [0.15, 0.2) is 12.7 Å². The Morgan fingerprint density at radius 2 is 1.71 bits per heavy atom. The fraction of sp³-hybridized carbons (Fsp3) is 0.688. The summed E-state index contributed by atoms with van der Waals surface area (Å²) in [5, 5.41) is 59.3. The molecule has 0 bridgehead atoms. The summed E-state index contributed by atoms with van der Waals surface area (Å²) in [6.07, 6.45) is -13.1. The molecule has 0 aromatic carbocycles. The van der Waals surface area contributed by atoms with Gasteiger partial charge in [0, 0.05) is 0 Å². The molecule has 19 nitrogen and oxygen atoms in total. The van der Waals surface area contributed by atoms with Gasteiger partial charge in [-0.15, -0.1) is 0 Å². The second kappa shape index (κ2) is 11.1. The van der Waals surface area contributed by atoms with Crippen molar-refractivity contribution in [3.05, 3.63) is 12.7 Å². The van der Waals surface area contributed by atoms with Gasteiger partial charge in [0.15, 0.2) is 24.0 Å². The number of nitrogens with zero attached hydrogens (tertiary/aromatic N) is 4. The highest BCUT2D eigenvalue weighted by Crippen LogP contribution is 2.59.